The summed E-state index contributed by atoms with van der Waals surface area (Å²) in [6.07, 6.45) is 0. The molecule has 0 aromatic heterocycles. The average Bonchev–Trinajstić information content (AvgIpc) is 2.32. The number of hydrazine groups is 1. The van der Waals surface area contributed by atoms with Gasteiger partial charge in [0.05, 0.1) is 4.90 Å². The molecular formula is C11H18N4O2S. The average molecular weight is 270 g/mol. The fourth-order valence-electron chi connectivity index (χ4n) is 1.80. The Morgan fingerprint density at radius 3 is 2.50 bits per heavy atom. The Labute approximate surface area is 107 Å². The van der Waals surface area contributed by atoms with E-state index in [0.717, 1.165) is 13.1 Å². The third-order valence-electron chi connectivity index (χ3n) is 2.92. The van der Waals surface area contributed by atoms with Crippen LogP contribution in [0.15, 0.2) is 29.2 Å². The van der Waals surface area contributed by atoms with Crippen LogP contribution in [0.3, 0.4) is 0 Å². The van der Waals surface area contributed by atoms with E-state index in [9.17, 15) is 8.42 Å². The zero-order chi connectivity index (χ0) is 13.2. The SMILES string of the molecule is CN1CCN(NS(=O)(=O)c2cccc(N)c2)CC1. The molecule has 1 fully saturated rings. The van der Waals surface area contributed by atoms with Gasteiger partial charge in [-0.3, -0.25) is 0 Å². The van der Waals surface area contributed by atoms with Gasteiger partial charge in [-0.2, -0.15) is 0 Å². The summed E-state index contributed by atoms with van der Waals surface area (Å²) in [6, 6.07) is 6.29. The van der Waals surface area contributed by atoms with Crippen LogP contribution in [0, 0.1) is 0 Å². The maximum absolute atomic E-state index is 12.1. The van der Waals surface area contributed by atoms with Gasteiger partial charge in [0.1, 0.15) is 0 Å². The molecule has 0 bridgehead atoms. The third-order valence-corrected chi connectivity index (χ3v) is 4.29. The van der Waals surface area contributed by atoms with Gasteiger partial charge in [0.2, 0.25) is 0 Å². The highest BCUT2D eigenvalue weighted by molar-refractivity contribution is 7.89. The molecule has 2 rings (SSSR count). The molecule has 1 aliphatic heterocycles. The largest absolute Gasteiger partial charge is 0.399 e. The van der Waals surface area contributed by atoms with Gasteiger partial charge in [0.15, 0.2) is 0 Å². The van der Waals surface area contributed by atoms with E-state index in [1.54, 1.807) is 17.1 Å². The summed E-state index contributed by atoms with van der Waals surface area (Å²) < 4.78 is 24.2. The second-order valence-corrected chi connectivity index (χ2v) is 6.12. The zero-order valence-electron chi connectivity index (χ0n) is 10.3. The number of nitrogens with one attached hydrogen (secondary N) is 1. The van der Waals surface area contributed by atoms with Crippen LogP contribution in [0.4, 0.5) is 5.69 Å². The Morgan fingerprint density at radius 1 is 1.22 bits per heavy atom. The van der Waals surface area contributed by atoms with Crippen LogP contribution in [0.25, 0.3) is 0 Å². The van der Waals surface area contributed by atoms with Crippen molar-refractivity contribution in [2.45, 2.75) is 4.90 Å². The molecule has 0 aliphatic carbocycles. The maximum atomic E-state index is 12.1. The van der Waals surface area contributed by atoms with Crippen molar-refractivity contribution in [2.75, 3.05) is 39.0 Å². The molecule has 0 unspecified atom stereocenters. The number of benzene rings is 1. The Kier molecular flexibility index (Phi) is 3.86. The summed E-state index contributed by atoms with van der Waals surface area (Å²) in [6.45, 7) is 3.05. The normalized spacial score (nSPS) is 18.9. The molecule has 100 valence electrons. The first-order valence-electron chi connectivity index (χ1n) is 5.79. The number of sulfonamides is 1. The van der Waals surface area contributed by atoms with Crippen molar-refractivity contribution in [3.63, 3.8) is 0 Å². The fourth-order valence-corrected chi connectivity index (χ4v) is 2.98. The molecule has 1 aromatic carbocycles. The quantitative estimate of drug-likeness (QED) is 0.738. The number of rotatable bonds is 3. The molecule has 1 aromatic rings. The van der Waals surface area contributed by atoms with Crippen molar-refractivity contribution >= 4 is 15.7 Å². The van der Waals surface area contributed by atoms with E-state index in [0.29, 0.717) is 18.8 Å². The van der Waals surface area contributed by atoms with Gasteiger partial charge in [-0.1, -0.05) is 6.07 Å². The Morgan fingerprint density at radius 2 is 1.89 bits per heavy atom. The van der Waals surface area contributed by atoms with E-state index >= 15 is 0 Å². The standard InChI is InChI=1S/C11H18N4O2S/c1-14-5-7-15(8-6-14)13-18(16,17)11-4-2-3-10(12)9-11/h2-4,9,13H,5-8,12H2,1H3. The van der Waals surface area contributed by atoms with E-state index in [4.69, 9.17) is 5.73 Å². The number of hydrogen-bond acceptors (Lipinski definition) is 5. The number of likely N-dealkylation sites (N-methyl/N-ethyl adjacent to an activating group) is 1. The highest BCUT2D eigenvalue weighted by Gasteiger charge is 2.21. The van der Waals surface area contributed by atoms with Gasteiger partial charge >= 0.3 is 0 Å². The lowest BCUT2D eigenvalue weighted by atomic mass is 10.3. The molecule has 1 aliphatic rings. The second-order valence-electron chi connectivity index (χ2n) is 4.46. The van der Waals surface area contributed by atoms with Gasteiger partial charge in [-0.05, 0) is 25.2 Å². The number of nitrogens with two attached hydrogens (primary N) is 1. The van der Waals surface area contributed by atoms with Crippen molar-refractivity contribution in [3.8, 4) is 0 Å². The molecule has 18 heavy (non-hydrogen) atoms. The highest BCUT2D eigenvalue weighted by atomic mass is 32.2. The van der Waals surface area contributed by atoms with Crippen LogP contribution in [-0.4, -0.2) is 51.6 Å². The molecule has 0 atom stereocenters. The molecule has 0 saturated carbocycles. The lowest BCUT2D eigenvalue weighted by molar-refractivity contribution is 0.135. The summed E-state index contributed by atoms with van der Waals surface area (Å²) in [5, 5.41) is 1.72. The maximum Gasteiger partial charge on any atom is 0.253 e. The third kappa shape index (κ3) is 3.20. The first kappa shape index (κ1) is 13.3. The van der Waals surface area contributed by atoms with Gasteiger partial charge in [0.25, 0.3) is 10.0 Å². The minimum absolute atomic E-state index is 0.196. The van der Waals surface area contributed by atoms with E-state index < -0.39 is 10.0 Å². The van der Waals surface area contributed by atoms with Crippen molar-refractivity contribution < 1.29 is 8.42 Å². The summed E-state index contributed by atoms with van der Waals surface area (Å²) in [7, 11) is -1.50. The highest BCUT2D eigenvalue weighted by Crippen LogP contribution is 2.13. The summed E-state index contributed by atoms with van der Waals surface area (Å²) in [4.78, 5) is 4.94. The molecular weight excluding hydrogens is 252 g/mol. The molecule has 1 heterocycles. The molecule has 1 saturated heterocycles. The number of nitrogens with zero attached hydrogens (tertiary/aromatic N) is 2. The summed E-state index contributed by atoms with van der Waals surface area (Å²) in [5.41, 5.74) is 6.04. The minimum atomic E-state index is -3.52. The Balaban J connectivity index is 2.08. The Hall–Kier alpha value is -1.15. The molecule has 6 nitrogen and oxygen atoms in total. The number of piperazine rings is 1. The predicted molar refractivity (Wildman–Crippen MR) is 70.2 cm³/mol. The lowest BCUT2D eigenvalue weighted by Crippen LogP contribution is -2.52. The number of nitrogen functional groups attached to an aromatic ring is 1. The summed E-state index contributed by atoms with van der Waals surface area (Å²) in [5.74, 6) is 0. The summed E-state index contributed by atoms with van der Waals surface area (Å²) >= 11 is 0. The molecule has 0 amide bonds. The second kappa shape index (κ2) is 5.23. The van der Waals surface area contributed by atoms with Crippen LogP contribution in [0.1, 0.15) is 0 Å². The fraction of sp³-hybridized carbons (Fsp3) is 0.455. The van der Waals surface area contributed by atoms with E-state index in [2.05, 4.69) is 9.73 Å². The number of hydrogen-bond donors (Lipinski definition) is 2. The van der Waals surface area contributed by atoms with Crippen molar-refractivity contribution in [1.82, 2.24) is 14.7 Å². The topological polar surface area (TPSA) is 78.7 Å². The Bertz CT molecular complexity index is 510. The van der Waals surface area contributed by atoms with Gasteiger partial charge < -0.3 is 10.6 Å². The van der Waals surface area contributed by atoms with E-state index in [-0.39, 0.29) is 4.90 Å². The van der Waals surface area contributed by atoms with Crippen LogP contribution >= 0.6 is 0 Å². The van der Waals surface area contributed by atoms with Crippen LogP contribution in [0.2, 0.25) is 0 Å². The van der Waals surface area contributed by atoms with Crippen molar-refractivity contribution in [1.29, 1.82) is 0 Å². The van der Waals surface area contributed by atoms with Gasteiger partial charge in [-0.25, -0.2) is 13.4 Å². The molecule has 0 radical (unpaired) electrons. The first-order chi connectivity index (χ1) is 8.47. The molecule has 3 N–H and O–H groups in total. The van der Waals surface area contributed by atoms with Crippen molar-refractivity contribution in [2.24, 2.45) is 0 Å². The van der Waals surface area contributed by atoms with Crippen LogP contribution < -0.4 is 10.6 Å². The predicted octanol–water partition coefficient (Wildman–Crippen LogP) is -0.290. The monoisotopic (exact) mass is 270 g/mol. The van der Waals surface area contributed by atoms with E-state index in [1.807, 2.05) is 7.05 Å². The minimum Gasteiger partial charge on any atom is -0.399 e. The molecule has 0 spiro atoms. The lowest BCUT2D eigenvalue weighted by Gasteiger charge is -2.32. The van der Waals surface area contributed by atoms with Gasteiger partial charge in [-0.15, -0.1) is 4.83 Å². The molecule has 7 heteroatoms. The number of anilines is 1. The first-order valence-corrected chi connectivity index (χ1v) is 7.27. The van der Waals surface area contributed by atoms with Crippen molar-refractivity contribution in [3.05, 3.63) is 24.3 Å². The van der Waals surface area contributed by atoms with E-state index in [1.165, 1.54) is 12.1 Å². The van der Waals surface area contributed by atoms with Crippen LogP contribution in [-0.2, 0) is 10.0 Å². The zero-order valence-corrected chi connectivity index (χ0v) is 11.2. The van der Waals surface area contributed by atoms with Gasteiger partial charge in [0, 0.05) is 31.9 Å². The van der Waals surface area contributed by atoms with Crippen LogP contribution in [0.5, 0.6) is 0 Å². The smallest absolute Gasteiger partial charge is 0.253 e.